The van der Waals surface area contributed by atoms with Crippen LogP contribution in [0.25, 0.3) is 0 Å². The van der Waals surface area contributed by atoms with Crippen molar-refractivity contribution in [2.24, 2.45) is 5.92 Å². The van der Waals surface area contributed by atoms with Crippen molar-refractivity contribution in [1.82, 2.24) is 10.2 Å². The molecular formula is C15H32N2. The Kier molecular flexibility index (Phi) is 4.65. The highest BCUT2D eigenvalue weighted by Crippen LogP contribution is 2.32. The zero-order chi connectivity index (χ0) is 13.3. The van der Waals surface area contributed by atoms with Crippen molar-refractivity contribution in [2.45, 2.75) is 78.4 Å². The van der Waals surface area contributed by atoms with Gasteiger partial charge in [-0.25, -0.2) is 0 Å². The first kappa shape index (κ1) is 15.0. The summed E-state index contributed by atoms with van der Waals surface area (Å²) in [7, 11) is 0. The second-order valence-electron chi connectivity index (χ2n) is 7.46. The summed E-state index contributed by atoms with van der Waals surface area (Å²) in [5.74, 6) is 0.701. The fourth-order valence-electron chi connectivity index (χ4n) is 2.83. The Morgan fingerprint density at radius 1 is 1.24 bits per heavy atom. The van der Waals surface area contributed by atoms with Crippen molar-refractivity contribution in [3.05, 3.63) is 0 Å². The topological polar surface area (TPSA) is 15.3 Å². The summed E-state index contributed by atoms with van der Waals surface area (Å²) in [6.45, 7) is 18.6. The minimum absolute atomic E-state index is 0.231. The van der Waals surface area contributed by atoms with E-state index in [2.05, 4.69) is 58.7 Å². The summed E-state index contributed by atoms with van der Waals surface area (Å²) >= 11 is 0. The highest BCUT2D eigenvalue weighted by molar-refractivity contribution is 4.92. The van der Waals surface area contributed by atoms with Gasteiger partial charge in [0.2, 0.25) is 0 Å². The zero-order valence-corrected chi connectivity index (χ0v) is 12.9. The maximum absolute atomic E-state index is 3.63. The zero-order valence-electron chi connectivity index (χ0n) is 12.9. The minimum Gasteiger partial charge on any atom is -0.312 e. The predicted molar refractivity (Wildman–Crippen MR) is 76.4 cm³/mol. The van der Waals surface area contributed by atoms with Crippen molar-refractivity contribution >= 4 is 0 Å². The molecule has 0 radical (unpaired) electrons. The predicted octanol–water partition coefficient (Wildman–Crippen LogP) is 3.27. The van der Waals surface area contributed by atoms with E-state index < -0.39 is 0 Å². The highest BCUT2D eigenvalue weighted by atomic mass is 15.2. The van der Waals surface area contributed by atoms with Crippen LogP contribution in [0.2, 0.25) is 0 Å². The molecule has 1 fully saturated rings. The molecule has 0 bridgehead atoms. The smallest absolute Gasteiger partial charge is 0.0156 e. The molecule has 102 valence electrons. The van der Waals surface area contributed by atoms with Gasteiger partial charge in [-0.3, -0.25) is 4.90 Å². The molecule has 0 saturated carbocycles. The molecule has 0 aromatic heterocycles. The van der Waals surface area contributed by atoms with Gasteiger partial charge in [0.25, 0.3) is 0 Å². The van der Waals surface area contributed by atoms with E-state index in [4.69, 9.17) is 0 Å². The van der Waals surface area contributed by atoms with Crippen LogP contribution in [0, 0.1) is 5.92 Å². The van der Waals surface area contributed by atoms with Gasteiger partial charge in [0.15, 0.2) is 0 Å². The van der Waals surface area contributed by atoms with E-state index >= 15 is 0 Å². The minimum atomic E-state index is 0.231. The van der Waals surface area contributed by atoms with Gasteiger partial charge in [-0.05, 0) is 73.4 Å². The molecule has 1 aliphatic heterocycles. The van der Waals surface area contributed by atoms with Crippen LogP contribution in [0.5, 0.6) is 0 Å². The quantitative estimate of drug-likeness (QED) is 0.811. The molecular weight excluding hydrogens is 208 g/mol. The lowest BCUT2D eigenvalue weighted by molar-refractivity contribution is 0.0896. The Hall–Kier alpha value is -0.0800. The summed E-state index contributed by atoms with van der Waals surface area (Å²) in [5.41, 5.74) is 0.629. The lowest BCUT2D eigenvalue weighted by Gasteiger charge is -2.40. The second-order valence-corrected chi connectivity index (χ2v) is 7.46. The molecule has 1 rings (SSSR count). The summed E-state index contributed by atoms with van der Waals surface area (Å²) < 4.78 is 0. The average Bonchev–Trinajstić information content (AvgIpc) is 2.52. The molecule has 0 amide bonds. The average molecular weight is 240 g/mol. The highest BCUT2D eigenvalue weighted by Gasteiger charge is 2.36. The molecule has 1 aliphatic rings. The van der Waals surface area contributed by atoms with Gasteiger partial charge >= 0.3 is 0 Å². The van der Waals surface area contributed by atoms with Crippen molar-refractivity contribution in [1.29, 1.82) is 0 Å². The van der Waals surface area contributed by atoms with Gasteiger partial charge in [0.1, 0.15) is 0 Å². The molecule has 0 aliphatic carbocycles. The fourth-order valence-corrected chi connectivity index (χ4v) is 2.83. The normalized spacial score (nSPS) is 24.9. The monoisotopic (exact) mass is 240 g/mol. The summed E-state index contributed by atoms with van der Waals surface area (Å²) in [4.78, 5) is 2.70. The van der Waals surface area contributed by atoms with Crippen LogP contribution in [0.4, 0.5) is 0 Å². The van der Waals surface area contributed by atoms with Gasteiger partial charge in [0.05, 0.1) is 0 Å². The number of nitrogens with zero attached hydrogens (tertiary/aromatic N) is 1. The molecule has 2 heteroatoms. The molecule has 0 aromatic carbocycles. The largest absolute Gasteiger partial charge is 0.312 e. The third-order valence-corrected chi connectivity index (χ3v) is 4.23. The van der Waals surface area contributed by atoms with Crippen LogP contribution in [0.3, 0.4) is 0 Å². The first-order chi connectivity index (χ1) is 7.63. The van der Waals surface area contributed by atoms with E-state index in [0.29, 0.717) is 17.5 Å². The van der Waals surface area contributed by atoms with E-state index in [1.807, 2.05) is 0 Å². The number of rotatable bonds is 4. The summed E-state index contributed by atoms with van der Waals surface area (Å²) in [5, 5.41) is 3.63. The standard InChI is InChI=1S/C15H32N2/c1-12(11-16-14(3,4)5)13(2)17-10-8-9-15(17,6)7/h12-13,16H,8-11H2,1-7H3. The Bertz CT molecular complexity index is 240. The number of nitrogens with one attached hydrogen (secondary N) is 1. The van der Waals surface area contributed by atoms with E-state index in [-0.39, 0.29) is 5.54 Å². The van der Waals surface area contributed by atoms with Crippen LogP contribution in [0.15, 0.2) is 0 Å². The third kappa shape index (κ3) is 4.26. The Morgan fingerprint density at radius 3 is 2.24 bits per heavy atom. The number of hydrogen-bond donors (Lipinski definition) is 1. The van der Waals surface area contributed by atoms with Crippen molar-refractivity contribution in [3.63, 3.8) is 0 Å². The first-order valence-electron chi connectivity index (χ1n) is 7.15. The Morgan fingerprint density at radius 2 is 1.82 bits per heavy atom. The number of hydrogen-bond acceptors (Lipinski definition) is 2. The van der Waals surface area contributed by atoms with Crippen LogP contribution in [0.1, 0.15) is 61.3 Å². The lowest BCUT2D eigenvalue weighted by Crippen LogP contribution is -2.50. The molecule has 1 saturated heterocycles. The molecule has 2 unspecified atom stereocenters. The van der Waals surface area contributed by atoms with E-state index in [1.165, 1.54) is 19.4 Å². The Labute approximate surface area is 108 Å². The summed E-state index contributed by atoms with van der Waals surface area (Å²) in [6.07, 6.45) is 2.70. The van der Waals surface area contributed by atoms with E-state index in [9.17, 15) is 0 Å². The molecule has 0 spiro atoms. The summed E-state index contributed by atoms with van der Waals surface area (Å²) in [6, 6.07) is 0.669. The van der Waals surface area contributed by atoms with Crippen LogP contribution < -0.4 is 5.32 Å². The maximum Gasteiger partial charge on any atom is 0.0156 e. The van der Waals surface area contributed by atoms with Gasteiger partial charge < -0.3 is 5.32 Å². The van der Waals surface area contributed by atoms with Gasteiger partial charge in [0, 0.05) is 17.1 Å². The molecule has 2 atom stereocenters. The van der Waals surface area contributed by atoms with Gasteiger partial charge in [-0.15, -0.1) is 0 Å². The van der Waals surface area contributed by atoms with Crippen LogP contribution >= 0.6 is 0 Å². The number of likely N-dealkylation sites (tertiary alicyclic amines) is 1. The molecule has 2 nitrogen and oxygen atoms in total. The van der Waals surface area contributed by atoms with Gasteiger partial charge in [-0.2, -0.15) is 0 Å². The van der Waals surface area contributed by atoms with Crippen LogP contribution in [-0.2, 0) is 0 Å². The SMILES string of the molecule is CC(CNC(C)(C)C)C(C)N1CCCC1(C)C. The second kappa shape index (κ2) is 5.27. The molecule has 0 aromatic rings. The molecule has 17 heavy (non-hydrogen) atoms. The molecule has 1 heterocycles. The third-order valence-electron chi connectivity index (χ3n) is 4.23. The maximum atomic E-state index is 3.63. The van der Waals surface area contributed by atoms with E-state index in [0.717, 1.165) is 6.54 Å². The Balaban J connectivity index is 2.49. The van der Waals surface area contributed by atoms with Crippen molar-refractivity contribution in [2.75, 3.05) is 13.1 Å². The first-order valence-corrected chi connectivity index (χ1v) is 7.15. The van der Waals surface area contributed by atoms with Crippen LogP contribution in [-0.4, -0.2) is 35.1 Å². The van der Waals surface area contributed by atoms with Crippen molar-refractivity contribution < 1.29 is 0 Å². The van der Waals surface area contributed by atoms with E-state index in [1.54, 1.807) is 0 Å². The fraction of sp³-hybridized carbons (Fsp3) is 1.00. The van der Waals surface area contributed by atoms with Crippen molar-refractivity contribution in [3.8, 4) is 0 Å². The lowest BCUT2D eigenvalue weighted by atomic mass is 9.95. The van der Waals surface area contributed by atoms with Gasteiger partial charge in [-0.1, -0.05) is 6.92 Å². The molecule has 1 N–H and O–H groups in total.